The molecule has 0 aliphatic carbocycles. The molecule has 5 nitrogen and oxygen atoms in total. The molecule has 0 radical (unpaired) electrons. The van der Waals surface area contributed by atoms with Crippen LogP contribution in [0.5, 0.6) is 0 Å². The van der Waals surface area contributed by atoms with E-state index in [-0.39, 0.29) is 19.0 Å². The van der Waals surface area contributed by atoms with E-state index in [1.807, 2.05) is 0 Å². The third-order valence-corrected chi connectivity index (χ3v) is 3.77. The first kappa shape index (κ1) is 16.1. The maximum absolute atomic E-state index is 12.8. The van der Waals surface area contributed by atoms with E-state index in [1.54, 1.807) is 17.5 Å². The lowest BCUT2D eigenvalue weighted by atomic mass is 10.1. The summed E-state index contributed by atoms with van der Waals surface area (Å²) in [5.41, 5.74) is 0.504. The van der Waals surface area contributed by atoms with Crippen LogP contribution in [0.15, 0.2) is 41.8 Å². The quantitative estimate of drug-likeness (QED) is 0.753. The molecule has 0 fully saturated rings. The van der Waals surface area contributed by atoms with Crippen LogP contribution < -0.4 is 10.6 Å². The van der Waals surface area contributed by atoms with Gasteiger partial charge in [0.25, 0.3) is 5.91 Å². The van der Waals surface area contributed by atoms with E-state index >= 15 is 0 Å². The third kappa shape index (κ3) is 4.64. The number of amides is 2. The fourth-order valence-electron chi connectivity index (χ4n) is 1.73. The molecule has 0 bridgehead atoms. The van der Waals surface area contributed by atoms with Crippen LogP contribution in [0.1, 0.15) is 21.3 Å². The molecular formula is C15H15FN2O3S. The van der Waals surface area contributed by atoms with Crippen LogP contribution in [0.2, 0.25) is 0 Å². The Kier molecular flexibility index (Phi) is 5.62. The lowest BCUT2D eigenvalue weighted by Gasteiger charge is -2.12. The molecule has 1 heterocycles. The van der Waals surface area contributed by atoms with Crippen molar-refractivity contribution >= 4 is 23.2 Å². The molecule has 1 atom stereocenters. The fraction of sp³-hybridized carbons (Fsp3) is 0.200. The number of hydrogen-bond donors (Lipinski definition) is 3. The first-order valence-corrected chi connectivity index (χ1v) is 7.46. The number of benzene rings is 1. The highest BCUT2D eigenvalue weighted by Gasteiger charge is 2.11. The van der Waals surface area contributed by atoms with Crippen molar-refractivity contribution in [3.8, 4) is 0 Å². The van der Waals surface area contributed by atoms with Gasteiger partial charge in [-0.15, -0.1) is 11.3 Å². The molecule has 0 aliphatic heterocycles. The average Bonchev–Trinajstić information content (AvgIpc) is 3.05. The predicted octanol–water partition coefficient (Wildman–Crippen LogP) is 1.47. The highest BCUT2D eigenvalue weighted by Crippen LogP contribution is 2.12. The molecule has 116 valence electrons. The minimum Gasteiger partial charge on any atom is -0.387 e. The first-order valence-electron chi connectivity index (χ1n) is 6.58. The SMILES string of the molecule is O=C(CNC(=O)c1cccs1)NCC(O)c1ccc(F)cc1. The van der Waals surface area contributed by atoms with Crippen molar-refractivity contribution in [1.29, 1.82) is 0 Å². The van der Waals surface area contributed by atoms with Crippen LogP contribution in [0.25, 0.3) is 0 Å². The number of rotatable bonds is 6. The summed E-state index contributed by atoms with van der Waals surface area (Å²) in [6, 6.07) is 8.79. The average molecular weight is 322 g/mol. The largest absolute Gasteiger partial charge is 0.387 e. The Morgan fingerprint density at radius 2 is 1.91 bits per heavy atom. The number of carbonyl (C=O) groups is 2. The van der Waals surface area contributed by atoms with Crippen molar-refractivity contribution in [3.05, 3.63) is 58.0 Å². The van der Waals surface area contributed by atoms with Crippen LogP contribution in [-0.4, -0.2) is 30.0 Å². The fourth-order valence-corrected chi connectivity index (χ4v) is 2.37. The zero-order valence-corrected chi connectivity index (χ0v) is 12.4. The predicted molar refractivity (Wildman–Crippen MR) is 81.0 cm³/mol. The van der Waals surface area contributed by atoms with Crippen molar-refractivity contribution in [1.82, 2.24) is 10.6 Å². The van der Waals surface area contributed by atoms with Gasteiger partial charge in [-0.25, -0.2) is 4.39 Å². The summed E-state index contributed by atoms with van der Waals surface area (Å²) < 4.78 is 12.8. The number of aliphatic hydroxyl groups excluding tert-OH is 1. The smallest absolute Gasteiger partial charge is 0.261 e. The molecule has 3 N–H and O–H groups in total. The lowest BCUT2D eigenvalue weighted by molar-refractivity contribution is -0.120. The lowest BCUT2D eigenvalue weighted by Crippen LogP contribution is -2.38. The molecule has 1 aromatic heterocycles. The summed E-state index contributed by atoms with van der Waals surface area (Å²) in [6.45, 7) is -0.188. The van der Waals surface area contributed by atoms with E-state index < -0.39 is 17.8 Å². The van der Waals surface area contributed by atoms with Crippen molar-refractivity contribution in [3.63, 3.8) is 0 Å². The van der Waals surface area contributed by atoms with Crippen molar-refractivity contribution < 1.29 is 19.1 Å². The van der Waals surface area contributed by atoms with Crippen molar-refractivity contribution in [2.24, 2.45) is 0 Å². The Morgan fingerprint density at radius 3 is 2.55 bits per heavy atom. The molecule has 2 aromatic rings. The van der Waals surface area contributed by atoms with Gasteiger partial charge < -0.3 is 15.7 Å². The van der Waals surface area contributed by atoms with E-state index in [0.717, 1.165) is 0 Å². The molecule has 0 saturated heterocycles. The Balaban J connectivity index is 1.73. The molecular weight excluding hydrogens is 307 g/mol. The number of thiophene rings is 1. The summed E-state index contributed by atoms with van der Waals surface area (Å²) in [4.78, 5) is 23.8. The first-order chi connectivity index (χ1) is 10.6. The Bertz CT molecular complexity index is 629. The van der Waals surface area contributed by atoms with Crippen LogP contribution in [0.4, 0.5) is 4.39 Å². The van der Waals surface area contributed by atoms with Gasteiger partial charge >= 0.3 is 0 Å². The van der Waals surface area contributed by atoms with Crippen LogP contribution in [0.3, 0.4) is 0 Å². The summed E-state index contributed by atoms with van der Waals surface area (Å²) in [5.74, 6) is -1.12. The van der Waals surface area contributed by atoms with E-state index in [2.05, 4.69) is 10.6 Å². The van der Waals surface area contributed by atoms with Gasteiger partial charge in [-0.2, -0.15) is 0 Å². The molecule has 0 spiro atoms. The molecule has 1 aromatic carbocycles. The molecule has 2 rings (SSSR count). The van der Waals surface area contributed by atoms with Crippen molar-refractivity contribution in [2.45, 2.75) is 6.10 Å². The summed E-state index contributed by atoms with van der Waals surface area (Å²) in [6.07, 6.45) is -0.933. The molecule has 1 unspecified atom stereocenters. The second-order valence-electron chi connectivity index (χ2n) is 4.53. The molecule has 2 amide bonds. The second kappa shape index (κ2) is 7.67. The minimum absolute atomic E-state index is 0.0145. The molecule has 7 heteroatoms. The normalized spacial score (nSPS) is 11.7. The topological polar surface area (TPSA) is 78.4 Å². The van der Waals surface area contributed by atoms with Crippen LogP contribution in [0, 0.1) is 5.82 Å². The van der Waals surface area contributed by atoms with Gasteiger partial charge in [-0.3, -0.25) is 9.59 Å². The van der Waals surface area contributed by atoms with Crippen LogP contribution in [-0.2, 0) is 4.79 Å². The molecule has 0 aliphatic rings. The number of aliphatic hydroxyl groups is 1. The van der Waals surface area contributed by atoms with E-state index in [4.69, 9.17) is 0 Å². The van der Waals surface area contributed by atoms with Gasteiger partial charge in [0.2, 0.25) is 5.91 Å². The van der Waals surface area contributed by atoms with Gasteiger partial charge in [-0.1, -0.05) is 18.2 Å². The maximum atomic E-state index is 12.8. The zero-order valence-electron chi connectivity index (χ0n) is 11.6. The summed E-state index contributed by atoms with van der Waals surface area (Å²) in [5, 5.41) is 16.6. The summed E-state index contributed by atoms with van der Waals surface area (Å²) >= 11 is 1.28. The van der Waals surface area contributed by atoms with Gasteiger partial charge in [0.05, 0.1) is 17.5 Å². The number of nitrogens with one attached hydrogen (secondary N) is 2. The minimum atomic E-state index is -0.933. The van der Waals surface area contributed by atoms with E-state index in [9.17, 15) is 19.1 Å². The zero-order chi connectivity index (χ0) is 15.9. The molecule has 22 heavy (non-hydrogen) atoms. The van der Waals surface area contributed by atoms with Crippen LogP contribution >= 0.6 is 11.3 Å². The van der Waals surface area contributed by atoms with E-state index in [0.29, 0.717) is 10.4 Å². The number of hydrogen-bond acceptors (Lipinski definition) is 4. The highest BCUT2D eigenvalue weighted by molar-refractivity contribution is 7.12. The van der Waals surface area contributed by atoms with Gasteiger partial charge in [0, 0.05) is 6.54 Å². The van der Waals surface area contributed by atoms with Gasteiger partial charge in [-0.05, 0) is 29.1 Å². The number of carbonyl (C=O) groups excluding carboxylic acids is 2. The Hall–Kier alpha value is -2.25. The van der Waals surface area contributed by atoms with E-state index in [1.165, 1.54) is 35.6 Å². The van der Waals surface area contributed by atoms with Gasteiger partial charge in [0.15, 0.2) is 0 Å². The maximum Gasteiger partial charge on any atom is 0.261 e. The van der Waals surface area contributed by atoms with Gasteiger partial charge in [0.1, 0.15) is 5.82 Å². The molecule has 0 saturated carbocycles. The summed E-state index contributed by atoms with van der Waals surface area (Å²) in [7, 11) is 0. The monoisotopic (exact) mass is 322 g/mol. The highest BCUT2D eigenvalue weighted by atomic mass is 32.1. The Morgan fingerprint density at radius 1 is 1.18 bits per heavy atom. The number of halogens is 1. The second-order valence-corrected chi connectivity index (χ2v) is 5.48. The van der Waals surface area contributed by atoms with Crippen molar-refractivity contribution in [2.75, 3.05) is 13.1 Å². The third-order valence-electron chi connectivity index (χ3n) is 2.90. The standard InChI is InChI=1S/C15H15FN2O3S/c16-11-5-3-10(4-6-11)12(19)8-17-14(20)9-18-15(21)13-2-1-7-22-13/h1-7,12,19H,8-9H2,(H,17,20)(H,18,21). The Labute approximate surface area is 130 Å².